The van der Waals surface area contributed by atoms with Crippen LogP contribution in [0.4, 0.5) is 4.39 Å². The third kappa shape index (κ3) is 3.61. The summed E-state index contributed by atoms with van der Waals surface area (Å²) in [5, 5.41) is 0.668. The number of nitrogens with one attached hydrogen (secondary N) is 1. The summed E-state index contributed by atoms with van der Waals surface area (Å²) in [4.78, 5) is 16.4. The van der Waals surface area contributed by atoms with E-state index in [0.29, 0.717) is 35.1 Å². The lowest BCUT2D eigenvalue weighted by atomic mass is 10.1. The Hall–Kier alpha value is -1.88. The number of carbonyl (C=O) groups excluding carboxylic acids is 1. The fourth-order valence-electron chi connectivity index (χ4n) is 2.28. The summed E-state index contributed by atoms with van der Waals surface area (Å²) in [6.07, 6.45) is 1.64. The maximum absolute atomic E-state index is 14.1. The van der Waals surface area contributed by atoms with Crippen molar-refractivity contribution >= 4 is 16.9 Å². The molecule has 0 unspecified atom stereocenters. The molecular weight excluding hydrogens is 271 g/mol. The Morgan fingerprint density at radius 3 is 2.81 bits per heavy atom. The third-order valence-corrected chi connectivity index (χ3v) is 3.32. The van der Waals surface area contributed by atoms with E-state index in [-0.39, 0.29) is 11.9 Å². The lowest BCUT2D eigenvalue weighted by Gasteiger charge is -2.10. The second kappa shape index (κ2) is 6.72. The Balaban J connectivity index is 2.38. The number of aromatic amines is 1. The highest BCUT2D eigenvalue weighted by Crippen LogP contribution is 2.31. The van der Waals surface area contributed by atoms with E-state index in [2.05, 4.69) is 4.98 Å². The SMILES string of the molecule is CCCC(=O)Oc1cccc2[nH]c(F)c(CCN(C)C)c12. The molecule has 2 aromatic rings. The van der Waals surface area contributed by atoms with Gasteiger partial charge in [-0.15, -0.1) is 0 Å². The Morgan fingerprint density at radius 1 is 1.38 bits per heavy atom. The smallest absolute Gasteiger partial charge is 0.311 e. The van der Waals surface area contributed by atoms with Crippen molar-refractivity contribution in [2.75, 3.05) is 20.6 Å². The second-order valence-electron chi connectivity index (χ2n) is 5.37. The molecule has 0 aliphatic carbocycles. The first-order valence-corrected chi connectivity index (χ1v) is 7.17. The predicted octanol–water partition coefficient (Wildman–Crippen LogP) is 3.12. The number of rotatable bonds is 6. The summed E-state index contributed by atoms with van der Waals surface area (Å²) in [7, 11) is 3.88. The molecule has 0 saturated heterocycles. The highest BCUT2D eigenvalue weighted by molar-refractivity contribution is 5.91. The van der Waals surface area contributed by atoms with Crippen LogP contribution in [0.25, 0.3) is 10.9 Å². The minimum atomic E-state index is -0.356. The Morgan fingerprint density at radius 2 is 2.14 bits per heavy atom. The Bertz CT molecular complexity index is 634. The first-order valence-electron chi connectivity index (χ1n) is 7.17. The van der Waals surface area contributed by atoms with Gasteiger partial charge in [-0.2, -0.15) is 4.39 Å². The van der Waals surface area contributed by atoms with Gasteiger partial charge in [-0.1, -0.05) is 13.0 Å². The van der Waals surface area contributed by atoms with Crippen LogP contribution in [0.5, 0.6) is 5.75 Å². The number of esters is 1. The van der Waals surface area contributed by atoms with Crippen LogP contribution in [0.3, 0.4) is 0 Å². The van der Waals surface area contributed by atoms with Crippen LogP contribution in [0, 0.1) is 5.95 Å². The van der Waals surface area contributed by atoms with E-state index in [9.17, 15) is 9.18 Å². The van der Waals surface area contributed by atoms with E-state index in [1.807, 2.05) is 25.9 Å². The summed E-state index contributed by atoms with van der Waals surface area (Å²) in [5.74, 6) is -0.212. The first kappa shape index (κ1) is 15.5. The van der Waals surface area contributed by atoms with Gasteiger partial charge in [0.2, 0.25) is 0 Å². The Kier molecular flexibility index (Phi) is 4.96. The molecule has 0 atom stereocenters. The molecule has 0 spiro atoms. The number of nitrogens with zero attached hydrogens (tertiary/aromatic N) is 1. The molecule has 0 amide bonds. The quantitative estimate of drug-likeness (QED) is 0.657. The van der Waals surface area contributed by atoms with Crippen molar-refractivity contribution in [3.8, 4) is 5.75 Å². The van der Waals surface area contributed by atoms with E-state index < -0.39 is 0 Å². The van der Waals surface area contributed by atoms with E-state index in [0.717, 1.165) is 13.0 Å². The molecule has 1 N–H and O–H groups in total. The normalized spacial score (nSPS) is 11.3. The van der Waals surface area contributed by atoms with Crippen LogP contribution in [0.15, 0.2) is 18.2 Å². The lowest BCUT2D eigenvalue weighted by Crippen LogP contribution is -2.15. The van der Waals surface area contributed by atoms with Crippen molar-refractivity contribution in [3.63, 3.8) is 0 Å². The molecule has 114 valence electrons. The standard InChI is InChI=1S/C16H21FN2O2/c1-4-6-14(20)21-13-8-5-7-12-15(13)11(16(17)18-12)9-10-19(2)3/h5,7-8,18H,4,6,9-10H2,1-3H3. The van der Waals surface area contributed by atoms with Crippen molar-refractivity contribution in [2.45, 2.75) is 26.2 Å². The first-order chi connectivity index (χ1) is 10.0. The molecule has 0 aliphatic rings. The van der Waals surface area contributed by atoms with Gasteiger partial charge in [0, 0.05) is 23.9 Å². The van der Waals surface area contributed by atoms with Gasteiger partial charge >= 0.3 is 5.97 Å². The topological polar surface area (TPSA) is 45.3 Å². The number of fused-ring (bicyclic) bond motifs is 1. The van der Waals surface area contributed by atoms with Crippen LogP contribution in [0.1, 0.15) is 25.3 Å². The molecule has 1 aromatic carbocycles. The molecule has 0 aliphatic heterocycles. The van der Waals surface area contributed by atoms with Crippen LogP contribution >= 0.6 is 0 Å². The summed E-state index contributed by atoms with van der Waals surface area (Å²) in [6, 6.07) is 5.25. The maximum atomic E-state index is 14.1. The molecule has 5 heteroatoms. The van der Waals surface area contributed by atoms with Crippen LogP contribution in [-0.2, 0) is 11.2 Å². The Labute approximate surface area is 123 Å². The monoisotopic (exact) mass is 292 g/mol. The molecular formula is C16H21FN2O2. The van der Waals surface area contributed by atoms with Crippen molar-refractivity contribution < 1.29 is 13.9 Å². The highest BCUT2D eigenvalue weighted by Gasteiger charge is 2.17. The number of ether oxygens (including phenoxy) is 1. The van der Waals surface area contributed by atoms with Gasteiger partial charge in [0.1, 0.15) is 5.75 Å². The average molecular weight is 292 g/mol. The summed E-state index contributed by atoms with van der Waals surface area (Å²) in [5.41, 5.74) is 1.22. The van der Waals surface area contributed by atoms with Crippen molar-refractivity contribution in [1.82, 2.24) is 9.88 Å². The minimum absolute atomic E-state index is 0.287. The number of hydrogen-bond donors (Lipinski definition) is 1. The van der Waals surface area contributed by atoms with Gasteiger partial charge in [0.15, 0.2) is 5.95 Å². The molecule has 2 rings (SSSR count). The highest BCUT2D eigenvalue weighted by atomic mass is 19.1. The summed E-state index contributed by atoms with van der Waals surface area (Å²) in [6.45, 7) is 2.64. The van der Waals surface area contributed by atoms with Gasteiger partial charge in [0.25, 0.3) is 0 Å². The zero-order valence-electron chi connectivity index (χ0n) is 12.7. The number of halogens is 1. The molecule has 1 aromatic heterocycles. The number of hydrogen-bond acceptors (Lipinski definition) is 3. The van der Waals surface area contributed by atoms with E-state index in [1.165, 1.54) is 0 Å². The third-order valence-electron chi connectivity index (χ3n) is 3.32. The second-order valence-corrected chi connectivity index (χ2v) is 5.37. The number of aromatic nitrogens is 1. The summed E-state index contributed by atoms with van der Waals surface area (Å²) >= 11 is 0. The molecule has 0 bridgehead atoms. The van der Waals surface area contributed by atoms with Gasteiger partial charge in [-0.05, 0) is 39.1 Å². The fraction of sp³-hybridized carbons (Fsp3) is 0.438. The van der Waals surface area contributed by atoms with Gasteiger partial charge in [-0.3, -0.25) is 4.79 Å². The fourth-order valence-corrected chi connectivity index (χ4v) is 2.28. The number of benzene rings is 1. The van der Waals surface area contributed by atoms with Crippen LogP contribution < -0.4 is 4.74 Å². The van der Waals surface area contributed by atoms with Gasteiger partial charge in [0.05, 0.1) is 5.52 Å². The molecule has 4 nitrogen and oxygen atoms in total. The van der Waals surface area contributed by atoms with E-state index >= 15 is 0 Å². The molecule has 0 fully saturated rings. The van der Waals surface area contributed by atoms with Crippen LogP contribution in [0.2, 0.25) is 0 Å². The van der Waals surface area contributed by atoms with Crippen molar-refractivity contribution in [2.24, 2.45) is 0 Å². The van der Waals surface area contributed by atoms with Crippen molar-refractivity contribution in [3.05, 3.63) is 29.7 Å². The molecule has 1 heterocycles. The number of H-pyrrole nitrogens is 1. The number of carbonyl (C=O) groups is 1. The zero-order valence-corrected chi connectivity index (χ0v) is 12.7. The maximum Gasteiger partial charge on any atom is 0.311 e. The molecule has 0 saturated carbocycles. The van der Waals surface area contributed by atoms with E-state index in [4.69, 9.17) is 4.74 Å². The number of likely N-dealkylation sites (N-methyl/N-ethyl adjacent to an activating group) is 1. The summed E-state index contributed by atoms with van der Waals surface area (Å²) < 4.78 is 19.5. The zero-order chi connectivity index (χ0) is 15.4. The average Bonchev–Trinajstić information content (AvgIpc) is 2.73. The van der Waals surface area contributed by atoms with Crippen LogP contribution in [-0.4, -0.2) is 36.5 Å². The van der Waals surface area contributed by atoms with Gasteiger partial charge < -0.3 is 14.6 Å². The van der Waals surface area contributed by atoms with Crippen molar-refractivity contribution in [1.29, 1.82) is 0 Å². The largest absolute Gasteiger partial charge is 0.426 e. The lowest BCUT2D eigenvalue weighted by molar-refractivity contribution is -0.134. The molecule has 21 heavy (non-hydrogen) atoms. The molecule has 0 radical (unpaired) electrons. The van der Waals surface area contributed by atoms with E-state index in [1.54, 1.807) is 18.2 Å². The van der Waals surface area contributed by atoms with Gasteiger partial charge in [-0.25, -0.2) is 0 Å². The minimum Gasteiger partial charge on any atom is -0.426 e. The predicted molar refractivity (Wildman–Crippen MR) is 81.1 cm³/mol.